The van der Waals surface area contributed by atoms with Crippen LogP contribution in [0.4, 0.5) is 0 Å². The molecule has 1 heterocycles. The molecule has 68 valence electrons. The third kappa shape index (κ3) is 2.71. The maximum Gasteiger partial charge on any atom is 0.124 e. The zero-order valence-electron chi connectivity index (χ0n) is 6.72. The second kappa shape index (κ2) is 4.33. The third-order valence-electron chi connectivity index (χ3n) is 1.65. The maximum atomic E-state index is 6.99. The summed E-state index contributed by atoms with van der Waals surface area (Å²) in [5.41, 5.74) is 5.66. The van der Waals surface area contributed by atoms with Crippen molar-refractivity contribution in [2.75, 3.05) is 26.3 Å². The first-order valence-electron chi connectivity index (χ1n) is 3.74. The summed E-state index contributed by atoms with van der Waals surface area (Å²) in [6.07, 6.45) is 1.44. The van der Waals surface area contributed by atoms with Gasteiger partial charge in [0.1, 0.15) is 11.0 Å². The maximum absolute atomic E-state index is 6.99. The highest BCUT2D eigenvalue weighted by Gasteiger charge is 2.10. The predicted molar refractivity (Wildman–Crippen MR) is 48.2 cm³/mol. The van der Waals surface area contributed by atoms with Crippen molar-refractivity contribution in [3.05, 3.63) is 11.9 Å². The van der Waals surface area contributed by atoms with Crippen LogP contribution in [-0.4, -0.2) is 36.4 Å². The Morgan fingerprint density at radius 3 is 2.58 bits per heavy atom. The van der Waals surface area contributed by atoms with E-state index < -0.39 is 0 Å². The number of halogens is 1. The van der Waals surface area contributed by atoms with Crippen molar-refractivity contribution >= 4 is 16.8 Å². The van der Waals surface area contributed by atoms with Gasteiger partial charge in [-0.05, 0) is 0 Å². The Hall–Kier alpha value is -0.740. The summed E-state index contributed by atoms with van der Waals surface area (Å²) in [6.45, 7) is 2.91. The van der Waals surface area contributed by atoms with Crippen molar-refractivity contribution in [3.63, 3.8) is 0 Å². The average molecular weight is 190 g/mol. The number of morpholine rings is 1. The average Bonchev–Trinajstić information content (AvgIpc) is 2.05. The van der Waals surface area contributed by atoms with Gasteiger partial charge in [-0.2, -0.15) is 0 Å². The van der Waals surface area contributed by atoms with Crippen molar-refractivity contribution in [2.24, 2.45) is 5.73 Å². The van der Waals surface area contributed by atoms with Crippen LogP contribution in [0, 0.1) is 5.41 Å². The molecular weight excluding hydrogens is 178 g/mol. The van der Waals surface area contributed by atoms with Crippen LogP contribution < -0.4 is 5.73 Å². The van der Waals surface area contributed by atoms with Crippen LogP contribution >= 0.6 is 11.6 Å². The molecule has 1 aliphatic rings. The van der Waals surface area contributed by atoms with E-state index in [-0.39, 0.29) is 5.17 Å². The highest BCUT2D eigenvalue weighted by Crippen LogP contribution is 2.02. The summed E-state index contributed by atoms with van der Waals surface area (Å²) in [6, 6.07) is 0. The van der Waals surface area contributed by atoms with Crippen LogP contribution in [0.2, 0.25) is 0 Å². The molecule has 0 unspecified atom stereocenters. The summed E-state index contributed by atoms with van der Waals surface area (Å²) in [7, 11) is 0. The summed E-state index contributed by atoms with van der Waals surface area (Å²) >= 11 is 5.36. The lowest BCUT2D eigenvalue weighted by molar-refractivity contribution is 0.0531. The summed E-state index contributed by atoms with van der Waals surface area (Å²) < 4.78 is 5.14. The van der Waals surface area contributed by atoms with Gasteiger partial charge in [0.2, 0.25) is 0 Å². The Morgan fingerprint density at radius 2 is 2.08 bits per heavy atom. The zero-order chi connectivity index (χ0) is 8.97. The fraction of sp³-hybridized carbons (Fsp3) is 0.571. The van der Waals surface area contributed by atoms with Crippen LogP contribution in [0.15, 0.2) is 11.9 Å². The molecule has 0 aliphatic carbocycles. The number of nitrogens with two attached hydrogens (primary N) is 1. The Kier molecular flexibility index (Phi) is 3.37. The number of hydrogen-bond donors (Lipinski definition) is 2. The monoisotopic (exact) mass is 189 g/mol. The Morgan fingerprint density at radius 1 is 1.50 bits per heavy atom. The molecular formula is C7H12ClN3O. The summed E-state index contributed by atoms with van der Waals surface area (Å²) in [5.74, 6) is 0.540. The molecule has 3 N–H and O–H groups in total. The number of rotatable bonds is 2. The first-order valence-corrected chi connectivity index (χ1v) is 4.12. The normalized spacial score (nSPS) is 19.4. The Labute approximate surface area is 76.4 Å². The van der Waals surface area contributed by atoms with Gasteiger partial charge in [0.05, 0.1) is 13.2 Å². The van der Waals surface area contributed by atoms with Crippen LogP contribution in [0.3, 0.4) is 0 Å². The Bertz CT molecular complexity index is 199. The van der Waals surface area contributed by atoms with Crippen molar-refractivity contribution < 1.29 is 4.74 Å². The molecule has 0 spiro atoms. The van der Waals surface area contributed by atoms with Gasteiger partial charge in [0.25, 0.3) is 0 Å². The summed E-state index contributed by atoms with van der Waals surface area (Å²) in [4.78, 5) is 1.94. The zero-order valence-corrected chi connectivity index (χ0v) is 7.47. The SMILES string of the molecule is N=C(Cl)/C=C(\N)N1CCOCC1. The molecule has 0 atom stereocenters. The molecule has 0 bridgehead atoms. The molecule has 4 nitrogen and oxygen atoms in total. The lowest BCUT2D eigenvalue weighted by Crippen LogP contribution is -2.38. The van der Waals surface area contributed by atoms with E-state index in [1.807, 2.05) is 4.90 Å². The van der Waals surface area contributed by atoms with Crippen LogP contribution in [0.1, 0.15) is 0 Å². The van der Waals surface area contributed by atoms with E-state index in [2.05, 4.69) is 0 Å². The van der Waals surface area contributed by atoms with Crippen LogP contribution in [0.25, 0.3) is 0 Å². The molecule has 0 aromatic carbocycles. The van der Waals surface area contributed by atoms with Crippen molar-refractivity contribution in [3.8, 4) is 0 Å². The Balaban J connectivity index is 2.49. The van der Waals surface area contributed by atoms with Gasteiger partial charge in [-0.3, -0.25) is 5.41 Å². The van der Waals surface area contributed by atoms with Crippen LogP contribution in [-0.2, 0) is 4.74 Å². The molecule has 0 radical (unpaired) electrons. The molecule has 0 saturated carbocycles. The van der Waals surface area contributed by atoms with E-state index in [1.165, 1.54) is 6.08 Å². The van der Waals surface area contributed by atoms with E-state index in [1.54, 1.807) is 0 Å². The summed E-state index contributed by atoms with van der Waals surface area (Å²) in [5, 5.41) is 6.95. The minimum Gasteiger partial charge on any atom is -0.385 e. The quantitative estimate of drug-likeness (QED) is 0.616. The highest BCUT2D eigenvalue weighted by molar-refractivity contribution is 6.67. The predicted octanol–water partition coefficient (Wildman–Crippen LogP) is 0.335. The lowest BCUT2D eigenvalue weighted by Gasteiger charge is -2.28. The van der Waals surface area contributed by atoms with Gasteiger partial charge < -0.3 is 15.4 Å². The van der Waals surface area contributed by atoms with E-state index in [4.69, 9.17) is 27.5 Å². The van der Waals surface area contributed by atoms with Gasteiger partial charge in [0, 0.05) is 19.2 Å². The number of ether oxygens (including phenoxy) is 1. The second-order valence-corrected chi connectivity index (χ2v) is 2.92. The smallest absolute Gasteiger partial charge is 0.124 e. The van der Waals surface area contributed by atoms with Crippen molar-refractivity contribution in [2.45, 2.75) is 0 Å². The first kappa shape index (κ1) is 9.35. The minimum absolute atomic E-state index is 0.0426. The second-order valence-electron chi connectivity index (χ2n) is 2.52. The fourth-order valence-corrected chi connectivity index (χ4v) is 1.15. The number of nitrogens with one attached hydrogen (secondary N) is 1. The number of allylic oxidation sites excluding steroid dienone is 1. The molecule has 0 aromatic rings. The van der Waals surface area contributed by atoms with Gasteiger partial charge in [-0.15, -0.1) is 0 Å². The fourth-order valence-electron chi connectivity index (χ4n) is 1.04. The van der Waals surface area contributed by atoms with Gasteiger partial charge >= 0.3 is 0 Å². The van der Waals surface area contributed by atoms with Gasteiger partial charge in [0.15, 0.2) is 0 Å². The molecule has 12 heavy (non-hydrogen) atoms. The minimum atomic E-state index is -0.0426. The molecule has 1 saturated heterocycles. The number of nitrogens with zero attached hydrogens (tertiary/aromatic N) is 1. The lowest BCUT2D eigenvalue weighted by atomic mass is 10.4. The molecule has 1 rings (SSSR count). The first-order chi connectivity index (χ1) is 5.70. The van der Waals surface area contributed by atoms with Crippen molar-refractivity contribution in [1.29, 1.82) is 5.41 Å². The van der Waals surface area contributed by atoms with E-state index in [0.717, 1.165) is 13.1 Å². The van der Waals surface area contributed by atoms with E-state index >= 15 is 0 Å². The molecule has 1 fully saturated rings. The van der Waals surface area contributed by atoms with Gasteiger partial charge in [-0.25, -0.2) is 0 Å². The van der Waals surface area contributed by atoms with E-state index in [0.29, 0.717) is 19.0 Å². The van der Waals surface area contributed by atoms with Crippen molar-refractivity contribution in [1.82, 2.24) is 4.90 Å². The molecule has 0 amide bonds. The van der Waals surface area contributed by atoms with Gasteiger partial charge in [-0.1, -0.05) is 11.6 Å². The molecule has 5 heteroatoms. The molecule has 1 aliphatic heterocycles. The molecule has 0 aromatic heterocycles. The highest BCUT2D eigenvalue weighted by atomic mass is 35.5. The third-order valence-corrected chi connectivity index (χ3v) is 1.76. The standard InChI is InChI=1S/C7H12ClN3O/c8-6(9)5-7(10)11-1-3-12-4-2-11/h5,9H,1-4,10H2/b7-5+,9-6?. The van der Waals surface area contributed by atoms with Crippen LogP contribution in [0.5, 0.6) is 0 Å². The largest absolute Gasteiger partial charge is 0.385 e. The van der Waals surface area contributed by atoms with E-state index in [9.17, 15) is 0 Å². The topological polar surface area (TPSA) is 62.3 Å². The number of hydrogen-bond acceptors (Lipinski definition) is 4.